The molecule has 0 amide bonds. The number of hydrogen-bond acceptors (Lipinski definition) is 1. The molecule has 1 aliphatic carbocycles. The maximum atomic E-state index is 14.0. The van der Waals surface area contributed by atoms with Gasteiger partial charge in [-0.2, -0.15) is 0 Å². The second kappa shape index (κ2) is 4.28. The first-order valence-corrected chi connectivity index (χ1v) is 4.75. The summed E-state index contributed by atoms with van der Waals surface area (Å²) >= 11 is 0. The molecule has 1 fully saturated rings. The molecule has 2 atom stereocenters. The minimum Gasteiger partial charge on any atom is -0.311 e. The van der Waals surface area contributed by atoms with Gasteiger partial charge >= 0.3 is 0 Å². The highest BCUT2D eigenvalue weighted by Crippen LogP contribution is 2.49. The molecule has 0 aliphatic heterocycles. The number of hydrogen-bond donors (Lipinski definition) is 1. The molecule has 2 rings (SSSR count). The van der Waals surface area contributed by atoms with Crippen LogP contribution in [0.15, 0.2) is 30.3 Å². The van der Waals surface area contributed by atoms with Gasteiger partial charge in [-0.1, -0.05) is 37.3 Å². The summed E-state index contributed by atoms with van der Waals surface area (Å²) in [5.74, 6) is 0. The Hall–Kier alpha value is -0.600. The molecule has 1 aromatic carbocycles. The van der Waals surface area contributed by atoms with E-state index < -0.39 is 5.67 Å². The third-order valence-electron chi connectivity index (χ3n) is 2.60. The third-order valence-corrected chi connectivity index (χ3v) is 2.60. The molecule has 2 unspecified atom stereocenters. The zero-order valence-electron chi connectivity index (χ0n) is 8.16. The third kappa shape index (κ3) is 1.91. The van der Waals surface area contributed by atoms with Crippen LogP contribution in [0.25, 0.3) is 0 Å². The summed E-state index contributed by atoms with van der Waals surface area (Å²) in [6.45, 7) is 2.84. The molecule has 0 aromatic heterocycles. The van der Waals surface area contributed by atoms with Crippen molar-refractivity contribution in [1.29, 1.82) is 0 Å². The van der Waals surface area contributed by atoms with E-state index in [2.05, 4.69) is 5.32 Å². The van der Waals surface area contributed by atoms with Gasteiger partial charge in [0.25, 0.3) is 0 Å². The normalized spacial score (nSPS) is 29.4. The van der Waals surface area contributed by atoms with Gasteiger partial charge in [-0.3, -0.25) is 0 Å². The fourth-order valence-corrected chi connectivity index (χ4v) is 1.75. The quantitative estimate of drug-likeness (QED) is 0.818. The van der Waals surface area contributed by atoms with Crippen LogP contribution in [0.3, 0.4) is 0 Å². The molecule has 0 heterocycles. The molecule has 0 spiro atoms. The number of halogens is 2. The van der Waals surface area contributed by atoms with E-state index in [0.29, 0.717) is 6.42 Å². The van der Waals surface area contributed by atoms with Gasteiger partial charge in [0.1, 0.15) is 0 Å². The van der Waals surface area contributed by atoms with Gasteiger partial charge in [0.15, 0.2) is 5.67 Å². The second-order valence-corrected chi connectivity index (χ2v) is 3.54. The van der Waals surface area contributed by atoms with Crippen molar-refractivity contribution in [2.75, 3.05) is 6.54 Å². The summed E-state index contributed by atoms with van der Waals surface area (Å²) in [6, 6.07) is 9.43. The maximum absolute atomic E-state index is 14.0. The molecular weight excluding hydrogens is 201 g/mol. The Bertz CT molecular complexity index is 291. The first-order chi connectivity index (χ1) is 6.27. The Morgan fingerprint density at radius 2 is 2.07 bits per heavy atom. The molecular formula is C11H15ClFN. The molecule has 0 radical (unpaired) electrons. The lowest BCUT2D eigenvalue weighted by molar-refractivity contribution is 0.294. The monoisotopic (exact) mass is 215 g/mol. The summed E-state index contributed by atoms with van der Waals surface area (Å²) < 4.78 is 14.0. The van der Waals surface area contributed by atoms with Gasteiger partial charge < -0.3 is 5.32 Å². The number of nitrogens with one attached hydrogen (secondary N) is 1. The Balaban J connectivity index is 0.000000980. The first-order valence-electron chi connectivity index (χ1n) is 4.75. The van der Waals surface area contributed by atoms with E-state index in [1.807, 2.05) is 37.3 Å². The van der Waals surface area contributed by atoms with E-state index >= 15 is 0 Å². The van der Waals surface area contributed by atoms with Gasteiger partial charge in [0.05, 0.1) is 0 Å². The van der Waals surface area contributed by atoms with Crippen LogP contribution in [0.1, 0.15) is 18.9 Å². The number of likely N-dealkylation sites (N-methyl/N-ethyl adjacent to an activating group) is 1. The van der Waals surface area contributed by atoms with Crippen molar-refractivity contribution in [1.82, 2.24) is 5.32 Å². The van der Waals surface area contributed by atoms with Crippen molar-refractivity contribution in [2.24, 2.45) is 0 Å². The van der Waals surface area contributed by atoms with Crippen LogP contribution in [0.5, 0.6) is 0 Å². The minimum absolute atomic E-state index is 0. The maximum Gasteiger partial charge on any atom is 0.152 e. The molecule has 78 valence electrons. The summed E-state index contributed by atoms with van der Waals surface area (Å²) in [5.41, 5.74) is -0.293. The van der Waals surface area contributed by atoms with Crippen LogP contribution in [0, 0.1) is 0 Å². The highest BCUT2D eigenvalue weighted by atomic mass is 35.5. The molecule has 0 bridgehead atoms. The van der Waals surface area contributed by atoms with Crippen LogP contribution in [-0.2, 0) is 5.67 Å². The Morgan fingerprint density at radius 3 is 2.64 bits per heavy atom. The van der Waals surface area contributed by atoms with E-state index in [1.165, 1.54) is 0 Å². The minimum atomic E-state index is -1.10. The van der Waals surface area contributed by atoms with E-state index in [1.54, 1.807) is 0 Å². The van der Waals surface area contributed by atoms with Gasteiger partial charge in [-0.05, 0) is 12.1 Å². The molecule has 1 nitrogen and oxygen atoms in total. The van der Waals surface area contributed by atoms with Gasteiger partial charge in [0.2, 0.25) is 0 Å². The van der Waals surface area contributed by atoms with Crippen molar-refractivity contribution in [3.05, 3.63) is 35.9 Å². The molecule has 14 heavy (non-hydrogen) atoms. The van der Waals surface area contributed by atoms with Crippen LogP contribution in [0.2, 0.25) is 0 Å². The summed E-state index contributed by atoms with van der Waals surface area (Å²) in [6.07, 6.45) is 0.616. The molecule has 3 heteroatoms. The standard InChI is InChI=1S/C11H14FN.ClH/c1-2-13-10-8-11(10,12)9-6-4-3-5-7-9;/h3-7,10,13H,2,8H2,1H3;1H. The van der Waals surface area contributed by atoms with Gasteiger partial charge in [-0.15, -0.1) is 12.4 Å². The molecule has 1 N–H and O–H groups in total. The summed E-state index contributed by atoms with van der Waals surface area (Å²) in [7, 11) is 0. The SMILES string of the molecule is CCNC1CC1(F)c1ccccc1.Cl. The molecule has 1 saturated carbocycles. The molecule has 1 aromatic rings. The van der Waals surface area contributed by atoms with E-state index in [4.69, 9.17) is 0 Å². The lowest BCUT2D eigenvalue weighted by atomic mass is 10.1. The number of alkyl halides is 1. The highest BCUT2D eigenvalue weighted by molar-refractivity contribution is 5.85. The van der Waals surface area contributed by atoms with Gasteiger partial charge in [-0.25, -0.2) is 4.39 Å². The Kier molecular flexibility index (Phi) is 3.51. The van der Waals surface area contributed by atoms with Crippen molar-refractivity contribution >= 4 is 12.4 Å². The summed E-state index contributed by atoms with van der Waals surface area (Å²) in [4.78, 5) is 0. The molecule has 0 saturated heterocycles. The number of benzene rings is 1. The van der Waals surface area contributed by atoms with Crippen molar-refractivity contribution in [3.8, 4) is 0 Å². The highest BCUT2D eigenvalue weighted by Gasteiger charge is 2.56. The lowest BCUT2D eigenvalue weighted by Gasteiger charge is -2.07. The van der Waals surface area contributed by atoms with Crippen molar-refractivity contribution in [2.45, 2.75) is 25.1 Å². The average Bonchev–Trinajstić information content (AvgIpc) is 2.81. The first kappa shape index (κ1) is 11.5. The predicted molar refractivity (Wildman–Crippen MR) is 58.6 cm³/mol. The van der Waals surface area contributed by atoms with Crippen LogP contribution >= 0.6 is 12.4 Å². The lowest BCUT2D eigenvalue weighted by Crippen LogP contribution is -2.22. The fourth-order valence-electron chi connectivity index (χ4n) is 1.75. The van der Waals surface area contributed by atoms with Crippen molar-refractivity contribution < 1.29 is 4.39 Å². The molecule has 1 aliphatic rings. The van der Waals surface area contributed by atoms with Gasteiger partial charge in [0, 0.05) is 12.5 Å². The predicted octanol–water partition coefficient (Wildman–Crippen LogP) is 2.66. The second-order valence-electron chi connectivity index (χ2n) is 3.54. The Morgan fingerprint density at radius 1 is 1.43 bits per heavy atom. The average molecular weight is 216 g/mol. The van der Waals surface area contributed by atoms with E-state index in [9.17, 15) is 4.39 Å². The topological polar surface area (TPSA) is 12.0 Å². The Labute approximate surface area is 90.1 Å². The van der Waals surface area contributed by atoms with E-state index in [-0.39, 0.29) is 18.4 Å². The zero-order valence-corrected chi connectivity index (χ0v) is 8.98. The van der Waals surface area contributed by atoms with Crippen LogP contribution in [-0.4, -0.2) is 12.6 Å². The fraction of sp³-hybridized carbons (Fsp3) is 0.455. The van der Waals surface area contributed by atoms with E-state index in [0.717, 1.165) is 12.1 Å². The van der Waals surface area contributed by atoms with Crippen LogP contribution in [0.4, 0.5) is 4.39 Å². The zero-order chi connectivity index (χ0) is 9.31. The van der Waals surface area contributed by atoms with Crippen molar-refractivity contribution in [3.63, 3.8) is 0 Å². The summed E-state index contributed by atoms with van der Waals surface area (Å²) in [5, 5.41) is 3.13. The number of rotatable bonds is 3. The largest absolute Gasteiger partial charge is 0.311 e. The van der Waals surface area contributed by atoms with Crippen LogP contribution < -0.4 is 5.32 Å². The smallest absolute Gasteiger partial charge is 0.152 e.